The Balaban J connectivity index is 2.02. The van der Waals surface area contributed by atoms with Gasteiger partial charge in [0.05, 0.1) is 17.0 Å². The Hall–Kier alpha value is -1.62. The van der Waals surface area contributed by atoms with Crippen molar-refractivity contribution < 1.29 is 13.6 Å². The summed E-state index contributed by atoms with van der Waals surface area (Å²) in [5.74, 6) is -0.650. The highest BCUT2D eigenvalue weighted by Gasteiger charge is 2.08. The monoisotopic (exact) mass is 297 g/mol. The Kier molecular flexibility index (Phi) is 3.58. The number of furan rings is 1. The SMILES string of the molecule is O=C(NCc1ccoc1)c1ccc(F)c(Br)c1. The zero-order valence-electron chi connectivity index (χ0n) is 8.74. The summed E-state index contributed by atoms with van der Waals surface area (Å²) in [4.78, 5) is 11.7. The molecule has 1 aromatic carbocycles. The third kappa shape index (κ3) is 2.94. The molecule has 0 aliphatic heterocycles. The van der Waals surface area contributed by atoms with Crippen LogP contribution in [0.3, 0.4) is 0 Å². The highest BCUT2D eigenvalue weighted by Crippen LogP contribution is 2.16. The van der Waals surface area contributed by atoms with Gasteiger partial charge in [-0.15, -0.1) is 0 Å². The van der Waals surface area contributed by atoms with E-state index >= 15 is 0 Å². The number of hydrogen-bond donors (Lipinski definition) is 1. The van der Waals surface area contributed by atoms with Gasteiger partial charge < -0.3 is 9.73 Å². The molecule has 2 rings (SSSR count). The molecule has 0 atom stereocenters. The lowest BCUT2D eigenvalue weighted by Crippen LogP contribution is -2.22. The van der Waals surface area contributed by atoms with Crippen LogP contribution in [0.25, 0.3) is 0 Å². The van der Waals surface area contributed by atoms with Crippen molar-refractivity contribution in [3.63, 3.8) is 0 Å². The first-order valence-corrected chi connectivity index (χ1v) is 5.70. The molecule has 0 saturated carbocycles. The first kappa shape index (κ1) is 11.9. The van der Waals surface area contributed by atoms with Gasteiger partial charge in [-0.3, -0.25) is 4.79 Å². The van der Waals surface area contributed by atoms with Crippen LogP contribution >= 0.6 is 15.9 Å². The Morgan fingerprint density at radius 2 is 2.24 bits per heavy atom. The fraction of sp³-hybridized carbons (Fsp3) is 0.0833. The van der Waals surface area contributed by atoms with Crippen LogP contribution in [0, 0.1) is 5.82 Å². The van der Waals surface area contributed by atoms with E-state index in [1.165, 1.54) is 24.5 Å². The molecule has 0 radical (unpaired) electrons. The summed E-state index contributed by atoms with van der Waals surface area (Å²) in [5.41, 5.74) is 1.28. The second kappa shape index (κ2) is 5.14. The molecule has 3 nitrogen and oxygen atoms in total. The first-order valence-electron chi connectivity index (χ1n) is 4.91. The van der Waals surface area contributed by atoms with E-state index in [2.05, 4.69) is 21.2 Å². The molecule has 88 valence electrons. The standard InChI is InChI=1S/C12H9BrFNO2/c13-10-5-9(1-2-11(10)14)12(16)15-6-8-3-4-17-7-8/h1-5,7H,6H2,(H,15,16). The van der Waals surface area contributed by atoms with Crippen LogP contribution in [-0.4, -0.2) is 5.91 Å². The molecular weight excluding hydrogens is 289 g/mol. The molecule has 2 aromatic rings. The van der Waals surface area contributed by atoms with Crippen LogP contribution in [0.4, 0.5) is 4.39 Å². The summed E-state index contributed by atoms with van der Waals surface area (Å²) in [6.07, 6.45) is 3.09. The van der Waals surface area contributed by atoms with Crippen LogP contribution in [0.1, 0.15) is 15.9 Å². The molecule has 1 aromatic heterocycles. The van der Waals surface area contributed by atoms with Gasteiger partial charge >= 0.3 is 0 Å². The number of rotatable bonds is 3. The average Bonchev–Trinajstić information content (AvgIpc) is 2.82. The summed E-state index contributed by atoms with van der Waals surface area (Å²) >= 11 is 3.03. The predicted octanol–water partition coefficient (Wildman–Crippen LogP) is 3.11. The van der Waals surface area contributed by atoms with Gasteiger partial charge in [0.25, 0.3) is 5.91 Å². The van der Waals surface area contributed by atoms with Gasteiger partial charge in [-0.25, -0.2) is 4.39 Å². The summed E-state index contributed by atoms with van der Waals surface area (Å²) in [6, 6.07) is 5.89. The maximum absolute atomic E-state index is 13.0. The predicted molar refractivity (Wildman–Crippen MR) is 64.0 cm³/mol. The van der Waals surface area contributed by atoms with Gasteiger partial charge in [0.2, 0.25) is 0 Å². The van der Waals surface area contributed by atoms with E-state index in [1.807, 2.05) is 0 Å². The van der Waals surface area contributed by atoms with E-state index < -0.39 is 5.82 Å². The lowest BCUT2D eigenvalue weighted by atomic mass is 10.2. The highest BCUT2D eigenvalue weighted by molar-refractivity contribution is 9.10. The Bertz CT molecular complexity index is 525. The first-order chi connectivity index (χ1) is 8.16. The van der Waals surface area contributed by atoms with Crippen LogP contribution in [-0.2, 0) is 6.54 Å². The lowest BCUT2D eigenvalue weighted by Gasteiger charge is -2.04. The highest BCUT2D eigenvalue weighted by atomic mass is 79.9. The third-order valence-corrected chi connectivity index (χ3v) is 2.82. The van der Waals surface area contributed by atoms with Gasteiger partial charge in [0.1, 0.15) is 5.82 Å². The minimum absolute atomic E-state index is 0.257. The van der Waals surface area contributed by atoms with E-state index in [-0.39, 0.29) is 10.4 Å². The molecule has 0 unspecified atom stereocenters. The van der Waals surface area contributed by atoms with E-state index in [1.54, 1.807) is 12.3 Å². The maximum atomic E-state index is 13.0. The van der Waals surface area contributed by atoms with Crippen LogP contribution in [0.2, 0.25) is 0 Å². The minimum atomic E-state index is -0.392. The molecule has 17 heavy (non-hydrogen) atoms. The summed E-state index contributed by atoms with van der Waals surface area (Å²) in [7, 11) is 0. The molecule has 0 saturated heterocycles. The number of amides is 1. The number of benzene rings is 1. The van der Waals surface area contributed by atoms with Crippen molar-refractivity contribution in [3.8, 4) is 0 Å². The van der Waals surface area contributed by atoms with E-state index in [0.29, 0.717) is 12.1 Å². The van der Waals surface area contributed by atoms with Crippen molar-refractivity contribution in [2.45, 2.75) is 6.54 Å². The molecule has 0 aliphatic carbocycles. The molecule has 1 heterocycles. The van der Waals surface area contributed by atoms with Crippen molar-refractivity contribution >= 4 is 21.8 Å². The molecule has 1 amide bonds. The van der Waals surface area contributed by atoms with Crippen molar-refractivity contribution in [1.29, 1.82) is 0 Å². The number of carbonyl (C=O) groups excluding carboxylic acids is 1. The van der Waals surface area contributed by atoms with Crippen molar-refractivity contribution in [2.24, 2.45) is 0 Å². The Morgan fingerprint density at radius 3 is 2.88 bits per heavy atom. The fourth-order valence-electron chi connectivity index (χ4n) is 1.32. The van der Waals surface area contributed by atoms with Crippen molar-refractivity contribution in [2.75, 3.05) is 0 Å². The number of carbonyl (C=O) groups is 1. The van der Waals surface area contributed by atoms with Crippen molar-refractivity contribution in [3.05, 3.63) is 58.2 Å². The zero-order valence-corrected chi connectivity index (χ0v) is 10.3. The smallest absolute Gasteiger partial charge is 0.251 e. The minimum Gasteiger partial charge on any atom is -0.472 e. The van der Waals surface area contributed by atoms with Gasteiger partial charge in [0.15, 0.2) is 0 Å². The summed E-state index contributed by atoms with van der Waals surface area (Å²) in [6.45, 7) is 0.379. The Morgan fingerprint density at radius 1 is 1.41 bits per heavy atom. The van der Waals surface area contributed by atoms with Gasteiger partial charge in [-0.2, -0.15) is 0 Å². The molecule has 0 spiro atoms. The molecule has 0 fully saturated rings. The Labute approximate surface area is 106 Å². The maximum Gasteiger partial charge on any atom is 0.251 e. The van der Waals surface area contributed by atoms with Gasteiger partial charge in [-0.1, -0.05) is 0 Å². The van der Waals surface area contributed by atoms with Crippen LogP contribution < -0.4 is 5.32 Å². The van der Waals surface area contributed by atoms with Crippen molar-refractivity contribution in [1.82, 2.24) is 5.32 Å². The molecular formula is C12H9BrFNO2. The number of nitrogens with one attached hydrogen (secondary N) is 1. The fourth-order valence-corrected chi connectivity index (χ4v) is 1.69. The second-order valence-corrected chi connectivity index (χ2v) is 4.30. The largest absolute Gasteiger partial charge is 0.472 e. The van der Waals surface area contributed by atoms with Gasteiger partial charge in [-0.05, 0) is 40.2 Å². The van der Waals surface area contributed by atoms with E-state index in [0.717, 1.165) is 5.56 Å². The second-order valence-electron chi connectivity index (χ2n) is 3.44. The average molecular weight is 298 g/mol. The molecule has 0 bridgehead atoms. The number of halogens is 2. The lowest BCUT2D eigenvalue weighted by molar-refractivity contribution is 0.0951. The quantitative estimate of drug-likeness (QED) is 0.946. The normalized spacial score (nSPS) is 10.2. The van der Waals surface area contributed by atoms with E-state index in [4.69, 9.17) is 4.42 Å². The van der Waals surface area contributed by atoms with Gasteiger partial charge in [0, 0.05) is 17.7 Å². The zero-order chi connectivity index (χ0) is 12.3. The van der Waals surface area contributed by atoms with Crippen LogP contribution in [0.5, 0.6) is 0 Å². The van der Waals surface area contributed by atoms with Crippen LogP contribution in [0.15, 0.2) is 45.7 Å². The third-order valence-electron chi connectivity index (χ3n) is 2.21. The number of hydrogen-bond acceptors (Lipinski definition) is 2. The summed E-state index contributed by atoms with van der Waals surface area (Å²) < 4.78 is 18.1. The molecule has 1 N–H and O–H groups in total. The van der Waals surface area contributed by atoms with E-state index in [9.17, 15) is 9.18 Å². The molecule has 5 heteroatoms. The molecule has 0 aliphatic rings. The summed E-state index contributed by atoms with van der Waals surface area (Å²) in [5, 5.41) is 2.71. The topological polar surface area (TPSA) is 42.2 Å².